The molecule has 0 fully saturated rings. The van der Waals surface area contributed by atoms with Crippen LogP contribution in [-0.2, 0) is 5.41 Å². The summed E-state index contributed by atoms with van der Waals surface area (Å²) in [4.78, 5) is 0. The van der Waals surface area contributed by atoms with Crippen molar-refractivity contribution in [1.82, 2.24) is 0 Å². The zero-order valence-electron chi connectivity index (χ0n) is 25.2. The summed E-state index contributed by atoms with van der Waals surface area (Å²) in [6.45, 7) is 4.54. The molecule has 0 N–H and O–H groups in total. The first kappa shape index (κ1) is 25.9. The molecule has 9 rings (SSSR count). The summed E-state index contributed by atoms with van der Waals surface area (Å²) in [5.74, 6) is 1.88. The van der Waals surface area contributed by atoms with E-state index < -0.39 is 0 Å². The number of furan rings is 1. The van der Waals surface area contributed by atoms with Gasteiger partial charge in [0, 0.05) is 32.7 Å². The molecule has 7 aromatic carbocycles. The van der Waals surface area contributed by atoms with Crippen molar-refractivity contribution < 1.29 is 9.15 Å². The maximum absolute atomic E-state index is 6.42. The minimum absolute atomic E-state index is 0.108. The third kappa shape index (κ3) is 4.03. The average Bonchev–Trinajstić information content (AvgIpc) is 3.48. The second-order valence-corrected chi connectivity index (χ2v) is 12.5. The number of benzene rings is 7. The van der Waals surface area contributed by atoms with Crippen LogP contribution < -0.4 is 4.74 Å². The molecule has 2 heteroatoms. The standard InChI is InChI=1S/C43H30O2/c1-43(2)36-11-5-6-12-38(36)44-40-26-32(23-25-37(40)43)29-16-14-27(15-17-29)28-18-20-31(21-19-28)33-10-7-13-39-41(33)35-24-22-30-8-3-4-9-34(30)42(35)45-39/h3-26H,1-2H3. The lowest BCUT2D eigenvalue weighted by molar-refractivity contribution is 0.418. The number of hydrogen-bond donors (Lipinski definition) is 0. The van der Waals surface area contributed by atoms with Crippen LogP contribution in [0.1, 0.15) is 25.0 Å². The van der Waals surface area contributed by atoms with Crippen molar-refractivity contribution in [3.63, 3.8) is 0 Å². The number of fused-ring (bicyclic) bond motifs is 7. The van der Waals surface area contributed by atoms with Crippen molar-refractivity contribution in [3.05, 3.63) is 157 Å². The maximum atomic E-state index is 6.42. The Morgan fingerprint density at radius 3 is 1.91 bits per heavy atom. The van der Waals surface area contributed by atoms with E-state index in [-0.39, 0.29) is 5.41 Å². The summed E-state index contributed by atoms with van der Waals surface area (Å²) >= 11 is 0. The van der Waals surface area contributed by atoms with Crippen LogP contribution in [0, 0.1) is 0 Å². The fourth-order valence-electron chi connectivity index (χ4n) is 7.13. The summed E-state index contributed by atoms with van der Waals surface area (Å²) in [6, 6.07) is 51.8. The topological polar surface area (TPSA) is 22.4 Å². The molecule has 0 atom stereocenters. The highest BCUT2D eigenvalue weighted by molar-refractivity contribution is 6.19. The van der Waals surface area contributed by atoms with Crippen LogP contribution in [0.4, 0.5) is 0 Å². The van der Waals surface area contributed by atoms with Gasteiger partial charge in [0.2, 0.25) is 0 Å². The number of rotatable bonds is 3. The first-order chi connectivity index (χ1) is 22.0. The van der Waals surface area contributed by atoms with E-state index >= 15 is 0 Å². The first-order valence-electron chi connectivity index (χ1n) is 15.5. The first-order valence-corrected chi connectivity index (χ1v) is 15.5. The number of para-hydroxylation sites is 1. The molecule has 0 aliphatic carbocycles. The van der Waals surface area contributed by atoms with Crippen molar-refractivity contribution in [2.75, 3.05) is 0 Å². The van der Waals surface area contributed by atoms with Gasteiger partial charge in [0.1, 0.15) is 22.7 Å². The predicted octanol–water partition coefficient (Wildman–Crippen LogP) is 12.2. The van der Waals surface area contributed by atoms with Crippen LogP contribution in [0.5, 0.6) is 11.5 Å². The molecule has 1 aliphatic heterocycles. The minimum Gasteiger partial charge on any atom is -0.457 e. The lowest BCUT2D eigenvalue weighted by atomic mass is 9.75. The van der Waals surface area contributed by atoms with E-state index in [0.717, 1.165) is 44.4 Å². The summed E-state index contributed by atoms with van der Waals surface area (Å²) in [6.07, 6.45) is 0. The molecule has 45 heavy (non-hydrogen) atoms. The molecule has 8 aromatic rings. The molecule has 0 amide bonds. The zero-order chi connectivity index (χ0) is 30.1. The van der Waals surface area contributed by atoms with Crippen molar-refractivity contribution in [2.24, 2.45) is 0 Å². The van der Waals surface area contributed by atoms with E-state index in [1.54, 1.807) is 0 Å². The van der Waals surface area contributed by atoms with Gasteiger partial charge in [-0.25, -0.2) is 0 Å². The maximum Gasteiger partial charge on any atom is 0.143 e. The summed E-state index contributed by atoms with van der Waals surface area (Å²) in [5, 5.41) is 4.65. The number of hydrogen-bond acceptors (Lipinski definition) is 2. The van der Waals surface area contributed by atoms with Crippen LogP contribution >= 0.6 is 0 Å². The van der Waals surface area contributed by atoms with Crippen LogP contribution in [0.2, 0.25) is 0 Å². The molecule has 0 saturated carbocycles. The van der Waals surface area contributed by atoms with Crippen molar-refractivity contribution >= 4 is 32.7 Å². The van der Waals surface area contributed by atoms with Gasteiger partial charge in [-0.2, -0.15) is 0 Å². The van der Waals surface area contributed by atoms with Gasteiger partial charge in [0.05, 0.1) is 0 Å². The molecular weight excluding hydrogens is 548 g/mol. The summed E-state index contributed by atoms with van der Waals surface area (Å²) in [5.41, 5.74) is 11.3. The molecule has 1 aromatic heterocycles. The van der Waals surface area contributed by atoms with Crippen LogP contribution in [0.15, 0.2) is 150 Å². The van der Waals surface area contributed by atoms with Crippen molar-refractivity contribution in [2.45, 2.75) is 19.3 Å². The van der Waals surface area contributed by atoms with Gasteiger partial charge >= 0.3 is 0 Å². The minimum atomic E-state index is -0.108. The Balaban J connectivity index is 1.03. The lowest BCUT2D eigenvalue weighted by Crippen LogP contribution is -2.24. The van der Waals surface area contributed by atoms with E-state index in [2.05, 4.69) is 153 Å². The van der Waals surface area contributed by atoms with E-state index in [0.29, 0.717) is 0 Å². The average molecular weight is 579 g/mol. The van der Waals surface area contributed by atoms with Gasteiger partial charge in [-0.15, -0.1) is 0 Å². The molecule has 0 radical (unpaired) electrons. The Hall–Kier alpha value is -5.60. The van der Waals surface area contributed by atoms with E-state index in [1.807, 2.05) is 6.07 Å². The third-order valence-electron chi connectivity index (χ3n) is 9.57. The molecule has 2 heterocycles. The summed E-state index contributed by atoms with van der Waals surface area (Å²) < 4.78 is 12.8. The Morgan fingerprint density at radius 2 is 1.11 bits per heavy atom. The van der Waals surface area contributed by atoms with Crippen LogP contribution in [0.25, 0.3) is 66.1 Å². The molecule has 0 unspecified atom stereocenters. The third-order valence-corrected chi connectivity index (χ3v) is 9.57. The second kappa shape index (κ2) is 9.70. The summed E-state index contributed by atoms with van der Waals surface area (Å²) in [7, 11) is 0. The van der Waals surface area contributed by atoms with Gasteiger partial charge in [0.15, 0.2) is 0 Å². The molecule has 0 spiro atoms. The molecular formula is C43H30O2. The van der Waals surface area contributed by atoms with Gasteiger partial charge in [-0.05, 0) is 63.0 Å². The van der Waals surface area contributed by atoms with E-state index in [9.17, 15) is 0 Å². The molecule has 0 saturated heterocycles. The van der Waals surface area contributed by atoms with Crippen molar-refractivity contribution in [1.29, 1.82) is 0 Å². The van der Waals surface area contributed by atoms with E-state index in [1.165, 1.54) is 44.3 Å². The molecule has 1 aliphatic rings. The smallest absolute Gasteiger partial charge is 0.143 e. The predicted molar refractivity (Wildman–Crippen MR) is 186 cm³/mol. The molecule has 2 nitrogen and oxygen atoms in total. The van der Waals surface area contributed by atoms with Crippen molar-refractivity contribution in [3.8, 4) is 44.9 Å². The zero-order valence-corrected chi connectivity index (χ0v) is 25.2. The highest BCUT2D eigenvalue weighted by Gasteiger charge is 2.34. The fourth-order valence-corrected chi connectivity index (χ4v) is 7.13. The second-order valence-electron chi connectivity index (χ2n) is 12.5. The monoisotopic (exact) mass is 578 g/mol. The normalized spacial score (nSPS) is 13.5. The van der Waals surface area contributed by atoms with Gasteiger partial charge in [-0.3, -0.25) is 0 Å². The van der Waals surface area contributed by atoms with Gasteiger partial charge in [-0.1, -0.05) is 135 Å². The highest BCUT2D eigenvalue weighted by atomic mass is 16.5. The Bertz CT molecular complexity index is 2410. The van der Waals surface area contributed by atoms with Gasteiger partial charge in [0.25, 0.3) is 0 Å². The Morgan fingerprint density at radius 1 is 0.467 bits per heavy atom. The highest BCUT2D eigenvalue weighted by Crippen LogP contribution is 2.48. The quantitative estimate of drug-likeness (QED) is 0.208. The van der Waals surface area contributed by atoms with Gasteiger partial charge < -0.3 is 9.15 Å². The fraction of sp³-hybridized carbons (Fsp3) is 0.0698. The van der Waals surface area contributed by atoms with E-state index in [4.69, 9.17) is 9.15 Å². The SMILES string of the molecule is CC1(C)c2ccccc2Oc2cc(-c3ccc(-c4ccc(-c5cccc6oc7c8ccccc8ccc7c56)cc4)cc3)ccc21. The lowest BCUT2D eigenvalue weighted by Gasteiger charge is -2.34. The largest absolute Gasteiger partial charge is 0.457 e. The van der Waals surface area contributed by atoms with Crippen LogP contribution in [0.3, 0.4) is 0 Å². The van der Waals surface area contributed by atoms with Crippen LogP contribution in [-0.4, -0.2) is 0 Å². The number of ether oxygens (including phenoxy) is 1. The Kier molecular flexibility index (Phi) is 5.58. The molecule has 0 bridgehead atoms. The molecule has 214 valence electrons. The Labute approximate surface area is 262 Å².